The van der Waals surface area contributed by atoms with Gasteiger partial charge < -0.3 is 0 Å². The average Bonchev–Trinajstić information content (AvgIpc) is 3.35. The molecule has 0 saturated carbocycles. The summed E-state index contributed by atoms with van der Waals surface area (Å²) in [6.45, 7) is 2.57. The van der Waals surface area contributed by atoms with Crippen molar-refractivity contribution in [1.82, 2.24) is 15.2 Å². The summed E-state index contributed by atoms with van der Waals surface area (Å²) in [5, 5.41) is 10.8. The Morgan fingerprint density at radius 1 is 1.10 bits per heavy atom. The number of amides is 1. The van der Waals surface area contributed by atoms with Gasteiger partial charge in [0.25, 0.3) is 5.91 Å². The van der Waals surface area contributed by atoms with Gasteiger partial charge in [0.05, 0.1) is 17.6 Å². The van der Waals surface area contributed by atoms with Crippen LogP contribution in [-0.4, -0.2) is 21.9 Å². The number of nitrogens with zero attached hydrogens (tertiary/aromatic N) is 3. The van der Waals surface area contributed by atoms with Crippen molar-refractivity contribution in [3.63, 3.8) is 0 Å². The van der Waals surface area contributed by atoms with Crippen LogP contribution < -0.4 is 5.43 Å². The minimum atomic E-state index is -0.202. The topological polar surface area (TPSA) is 59.3 Å². The largest absolute Gasteiger partial charge is 0.281 e. The quantitative estimate of drug-likeness (QED) is 0.376. The van der Waals surface area contributed by atoms with Gasteiger partial charge in [-0.1, -0.05) is 60.7 Å². The van der Waals surface area contributed by atoms with Gasteiger partial charge in [0.2, 0.25) is 0 Å². The minimum Gasteiger partial charge on any atom is -0.267 e. The van der Waals surface area contributed by atoms with Crippen LogP contribution in [0, 0.1) is 6.92 Å². The summed E-state index contributed by atoms with van der Waals surface area (Å²) < 4.78 is 1.89. The Balaban J connectivity index is 1.59. The zero-order chi connectivity index (χ0) is 20.1. The molecule has 6 heteroatoms. The first-order chi connectivity index (χ1) is 14.2. The maximum Gasteiger partial charge on any atom is 0.281 e. The number of carbonyl (C=O) groups is 1. The van der Waals surface area contributed by atoms with E-state index in [1.807, 2.05) is 77.8 Å². The zero-order valence-electron chi connectivity index (χ0n) is 15.9. The Labute approximate surface area is 173 Å². The van der Waals surface area contributed by atoms with Gasteiger partial charge in [0.1, 0.15) is 5.69 Å². The van der Waals surface area contributed by atoms with Crippen molar-refractivity contribution in [3.8, 4) is 11.3 Å². The molecule has 0 fully saturated rings. The molecular weight excluding hydrogens is 380 g/mol. The lowest BCUT2D eigenvalue weighted by molar-refractivity contribution is 0.0958. The van der Waals surface area contributed by atoms with Gasteiger partial charge in [-0.2, -0.15) is 10.2 Å². The highest BCUT2D eigenvalue weighted by Gasteiger charge is 2.12. The van der Waals surface area contributed by atoms with Gasteiger partial charge in [0.15, 0.2) is 0 Å². The fraction of sp³-hybridized carbons (Fsp3) is 0.0870. The predicted molar refractivity (Wildman–Crippen MR) is 117 cm³/mol. The third kappa shape index (κ3) is 4.50. The van der Waals surface area contributed by atoms with E-state index in [9.17, 15) is 4.79 Å². The summed E-state index contributed by atoms with van der Waals surface area (Å²) in [7, 11) is 0. The molecule has 4 rings (SSSR count). The second-order valence-electron chi connectivity index (χ2n) is 6.61. The van der Waals surface area contributed by atoms with Crippen molar-refractivity contribution >= 4 is 23.5 Å². The highest BCUT2D eigenvalue weighted by Crippen LogP contribution is 2.21. The number of nitrogens with one attached hydrogen (secondary N) is 1. The molecule has 0 bridgehead atoms. The maximum atomic E-state index is 12.3. The van der Waals surface area contributed by atoms with Crippen LogP contribution >= 0.6 is 11.3 Å². The molecule has 144 valence electrons. The number of hydrazone groups is 1. The van der Waals surface area contributed by atoms with Gasteiger partial charge in [-0.05, 0) is 29.5 Å². The fourth-order valence-electron chi connectivity index (χ4n) is 3.02. The van der Waals surface area contributed by atoms with Crippen molar-refractivity contribution < 1.29 is 4.79 Å². The molecule has 0 saturated heterocycles. The molecule has 0 aliphatic rings. The number of benzene rings is 2. The van der Waals surface area contributed by atoms with Gasteiger partial charge in [-0.25, -0.2) is 5.43 Å². The normalized spacial score (nSPS) is 11.1. The van der Waals surface area contributed by atoms with Crippen LogP contribution in [-0.2, 0) is 6.54 Å². The first-order valence-electron chi connectivity index (χ1n) is 9.25. The van der Waals surface area contributed by atoms with Gasteiger partial charge in [0, 0.05) is 17.3 Å². The maximum absolute atomic E-state index is 12.3. The van der Waals surface area contributed by atoms with Crippen molar-refractivity contribution in [2.45, 2.75) is 13.5 Å². The predicted octanol–water partition coefficient (Wildman–Crippen LogP) is 4.73. The van der Waals surface area contributed by atoms with Crippen LogP contribution in [0.4, 0.5) is 0 Å². The molecule has 0 aliphatic carbocycles. The van der Waals surface area contributed by atoms with E-state index in [0.717, 1.165) is 22.4 Å². The molecule has 4 aromatic rings. The summed E-state index contributed by atoms with van der Waals surface area (Å²) >= 11 is 1.41. The van der Waals surface area contributed by atoms with E-state index in [-0.39, 0.29) is 5.91 Å². The molecule has 0 aliphatic heterocycles. The number of carbonyl (C=O) groups excluding carboxylic acids is 1. The van der Waals surface area contributed by atoms with Crippen LogP contribution in [0.2, 0.25) is 0 Å². The van der Waals surface area contributed by atoms with E-state index in [4.69, 9.17) is 5.10 Å². The van der Waals surface area contributed by atoms with Crippen molar-refractivity contribution in [2.24, 2.45) is 5.10 Å². The summed E-state index contributed by atoms with van der Waals surface area (Å²) in [6, 6.07) is 22.1. The Morgan fingerprint density at radius 3 is 2.52 bits per heavy atom. The molecular formula is C23H20N4OS. The lowest BCUT2D eigenvalue weighted by atomic mass is 10.1. The van der Waals surface area contributed by atoms with Crippen molar-refractivity contribution in [1.29, 1.82) is 0 Å². The van der Waals surface area contributed by atoms with Crippen molar-refractivity contribution in [2.75, 3.05) is 0 Å². The van der Waals surface area contributed by atoms with Gasteiger partial charge in [-0.15, -0.1) is 11.3 Å². The summed E-state index contributed by atoms with van der Waals surface area (Å²) in [6.07, 6.45) is 3.60. The second kappa shape index (κ2) is 8.67. The summed E-state index contributed by atoms with van der Waals surface area (Å²) in [5.74, 6) is -0.202. The molecule has 0 spiro atoms. The fourth-order valence-corrected chi connectivity index (χ4v) is 3.83. The van der Waals surface area contributed by atoms with E-state index in [1.54, 1.807) is 6.21 Å². The Bertz CT molecular complexity index is 1130. The third-order valence-corrected chi connectivity index (χ3v) is 5.48. The molecule has 1 amide bonds. The number of aryl methyl sites for hydroxylation is 1. The van der Waals surface area contributed by atoms with E-state index >= 15 is 0 Å². The monoisotopic (exact) mass is 400 g/mol. The second-order valence-corrected chi connectivity index (χ2v) is 7.53. The molecule has 2 heterocycles. The highest BCUT2D eigenvalue weighted by atomic mass is 32.1. The SMILES string of the molecule is Cc1ccsc1C(=O)N/N=C/c1cn(Cc2ccccc2)nc1-c1ccccc1. The van der Waals surface area contributed by atoms with Crippen LogP contribution in [0.5, 0.6) is 0 Å². The Morgan fingerprint density at radius 2 is 1.83 bits per heavy atom. The van der Waals surface area contributed by atoms with Gasteiger partial charge in [-0.3, -0.25) is 9.48 Å². The molecule has 1 N–H and O–H groups in total. The first-order valence-corrected chi connectivity index (χ1v) is 10.1. The lowest BCUT2D eigenvalue weighted by Gasteiger charge is -2.01. The number of rotatable bonds is 6. The molecule has 29 heavy (non-hydrogen) atoms. The van der Waals surface area contributed by atoms with E-state index in [0.29, 0.717) is 11.4 Å². The third-order valence-electron chi connectivity index (χ3n) is 4.46. The van der Waals surface area contributed by atoms with Crippen LogP contribution in [0.3, 0.4) is 0 Å². The summed E-state index contributed by atoms with van der Waals surface area (Å²) in [4.78, 5) is 13.0. The van der Waals surface area contributed by atoms with E-state index in [2.05, 4.69) is 22.7 Å². The average molecular weight is 401 g/mol. The number of aromatic nitrogens is 2. The van der Waals surface area contributed by atoms with Crippen LogP contribution in [0.1, 0.15) is 26.4 Å². The molecule has 0 atom stereocenters. The number of hydrogen-bond acceptors (Lipinski definition) is 4. The Kier molecular flexibility index (Phi) is 5.63. The van der Waals surface area contributed by atoms with Gasteiger partial charge >= 0.3 is 0 Å². The van der Waals surface area contributed by atoms with E-state index in [1.165, 1.54) is 16.9 Å². The standard InChI is InChI=1S/C23H20N4OS/c1-17-12-13-29-22(17)23(28)25-24-14-20-16-27(15-18-8-4-2-5-9-18)26-21(20)19-10-6-3-7-11-19/h2-14,16H,15H2,1H3,(H,25,28)/b24-14+. The number of hydrogen-bond donors (Lipinski definition) is 1. The molecule has 5 nitrogen and oxygen atoms in total. The van der Waals surface area contributed by atoms with Crippen molar-refractivity contribution in [3.05, 3.63) is 99.9 Å². The molecule has 2 aromatic heterocycles. The summed E-state index contributed by atoms with van der Waals surface area (Å²) in [5.41, 5.74) is 7.40. The minimum absolute atomic E-state index is 0.202. The molecule has 2 aromatic carbocycles. The van der Waals surface area contributed by atoms with Crippen LogP contribution in [0.15, 0.2) is 83.4 Å². The van der Waals surface area contributed by atoms with E-state index < -0.39 is 0 Å². The molecule has 0 radical (unpaired) electrons. The zero-order valence-corrected chi connectivity index (χ0v) is 16.8. The highest BCUT2D eigenvalue weighted by molar-refractivity contribution is 7.12. The first kappa shape index (κ1) is 18.8. The van der Waals surface area contributed by atoms with Crippen LogP contribution in [0.25, 0.3) is 11.3 Å². The lowest BCUT2D eigenvalue weighted by Crippen LogP contribution is -2.17. The smallest absolute Gasteiger partial charge is 0.267 e. The Hall–Kier alpha value is -3.51. The number of thiophene rings is 1. The molecule has 0 unspecified atom stereocenters.